The average molecular weight is 292 g/mol. The molecule has 0 unspecified atom stereocenters. The van der Waals surface area contributed by atoms with E-state index in [4.69, 9.17) is 9.84 Å². The van der Waals surface area contributed by atoms with Crippen molar-refractivity contribution in [3.05, 3.63) is 53.6 Å². The molecule has 0 spiro atoms. The lowest BCUT2D eigenvalue weighted by Gasteiger charge is -2.14. The Hall–Kier alpha value is -2.43. The lowest BCUT2D eigenvalue weighted by molar-refractivity contribution is 0.0696. The van der Waals surface area contributed by atoms with Crippen LogP contribution in [0.1, 0.15) is 29.3 Å². The number of ether oxygens (including phenoxy) is 1. The van der Waals surface area contributed by atoms with Gasteiger partial charge in [0.2, 0.25) is 0 Å². The molecule has 0 bridgehead atoms. The molecular weight excluding hydrogens is 278 g/mol. The van der Waals surface area contributed by atoms with Crippen molar-refractivity contribution in [3.8, 4) is 16.9 Å². The van der Waals surface area contributed by atoms with E-state index in [1.807, 2.05) is 0 Å². The number of benzene rings is 2. The minimum Gasteiger partial charge on any atom is -0.493 e. The summed E-state index contributed by atoms with van der Waals surface area (Å²) < 4.78 is 31.9. The molecule has 1 N–H and O–H groups in total. The molecule has 0 aliphatic heterocycles. The fourth-order valence-corrected chi connectivity index (χ4v) is 2.09. The van der Waals surface area contributed by atoms with Gasteiger partial charge in [0.1, 0.15) is 5.75 Å². The number of halogens is 2. The van der Waals surface area contributed by atoms with E-state index in [2.05, 4.69) is 0 Å². The number of rotatable bonds is 5. The van der Waals surface area contributed by atoms with Gasteiger partial charge < -0.3 is 9.84 Å². The summed E-state index contributed by atoms with van der Waals surface area (Å²) in [5.74, 6) is -0.744. The summed E-state index contributed by atoms with van der Waals surface area (Å²) >= 11 is 0. The zero-order valence-corrected chi connectivity index (χ0v) is 11.3. The van der Waals surface area contributed by atoms with Gasteiger partial charge in [0, 0.05) is 11.1 Å². The molecule has 0 atom stereocenters. The largest absolute Gasteiger partial charge is 0.493 e. The Morgan fingerprint density at radius 1 is 1.19 bits per heavy atom. The van der Waals surface area contributed by atoms with Crippen LogP contribution in [0.5, 0.6) is 5.75 Å². The van der Waals surface area contributed by atoms with Crippen molar-refractivity contribution in [1.82, 2.24) is 0 Å². The molecule has 0 saturated heterocycles. The van der Waals surface area contributed by atoms with Crippen molar-refractivity contribution >= 4 is 5.97 Å². The third-order valence-electron chi connectivity index (χ3n) is 3.01. The lowest BCUT2D eigenvalue weighted by atomic mass is 9.97. The first-order valence-electron chi connectivity index (χ1n) is 6.42. The van der Waals surface area contributed by atoms with Crippen molar-refractivity contribution < 1.29 is 23.4 Å². The van der Waals surface area contributed by atoms with E-state index in [0.717, 1.165) is 6.07 Å². The van der Waals surface area contributed by atoms with Crippen molar-refractivity contribution in [1.29, 1.82) is 0 Å². The molecule has 0 radical (unpaired) electrons. The van der Waals surface area contributed by atoms with Crippen LogP contribution in [0.3, 0.4) is 0 Å². The Morgan fingerprint density at radius 2 is 1.90 bits per heavy atom. The maximum atomic E-state index is 13.2. The Kier molecular flexibility index (Phi) is 4.52. The second kappa shape index (κ2) is 6.35. The molecule has 0 amide bonds. The number of carboxylic acid groups (broad SMARTS) is 1. The van der Waals surface area contributed by atoms with Crippen LogP contribution in [0.2, 0.25) is 0 Å². The number of carbonyl (C=O) groups is 1. The van der Waals surface area contributed by atoms with Crippen LogP contribution in [-0.4, -0.2) is 17.7 Å². The van der Waals surface area contributed by atoms with Crippen LogP contribution >= 0.6 is 0 Å². The van der Waals surface area contributed by atoms with Gasteiger partial charge in [-0.25, -0.2) is 13.6 Å². The molecule has 5 heteroatoms. The predicted octanol–water partition coefficient (Wildman–Crippen LogP) is 4.39. The van der Waals surface area contributed by atoms with Crippen LogP contribution in [-0.2, 0) is 0 Å². The summed E-state index contributed by atoms with van der Waals surface area (Å²) in [5.41, 5.74) is 0.315. The molecule has 0 aromatic heterocycles. The van der Waals surface area contributed by atoms with E-state index >= 15 is 0 Å². The summed E-state index contributed by atoms with van der Waals surface area (Å²) in [7, 11) is 0. The summed E-state index contributed by atoms with van der Waals surface area (Å²) in [4.78, 5) is 10.9. The van der Waals surface area contributed by atoms with Gasteiger partial charge in [-0.1, -0.05) is 24.3 Å². The molecule has 110 valence electrons. The standard InChI is InChI=1S/C16H14F2O3/c1-2-21-14-6-4-3-5-12(14)11-8-7-10(16(19)20)9-13(11)15(17)18/h3-9,15H,2H2,1H3,(H,19,20). The van der Waals surface area contributed by atoms with E-state index in [1.54, 1.807) is 31.2 Å². The topological polar surface area (TPSA) is 46.5 Å². The quantitative estimate of drug-likeness (QED) is 0.889. The third kappa shape index (κ3) is 3.18. The molecule has 0 aliphatic carbocycles. The fraction of sp³-hybridized carbons (Fsp3) is 0.188. The molecule has 21 heavy (non-hydrogen) atoms. The maximum Gasteiger partial charge on any atom is 0.335 e. The van der Waals surface area contributed by atoms with Gasteiger partial charge in [0.15, 0.2) is 0 Å². The highest BCUT2D eigenvalue weighted by molar-refractivity contribution is 5.89. The van der Waals surface area contributed by atoms with Crippen molar-refractivity contribution in [2.24, 2.45) is 0 Å². The number of hydrogen-bond donors (Lipinski definition) is 1. The number of hydrogen-bond acceptors (Lipinski definition) is 2. The van der Waals surface area contributed by atoms with E-state index in [-0.39, 0.29) is 16.7 Å². The molecule has 0 aliphatic rings. The predicted molar refractivity (Wildman–Crippen MR) is 75.0 cm³/mol. The minimum atomic E-state index is -2.77. The van der Waals surface area contributed by atoms with Crippen LogP contribution in [0.15, 0.2) is 42.5 Å². The van der Waals surface area contributed by atoms with E-state index in [1.165, 1.54) is 12.1 Å². The van der Waals surface area contributed by atoms with Crippen LogP contribution < -0.4 is 4.74 Å². The molecular formula is C16H14F2O3. The molecule has 0 heterocycles. The highest BCUT2D eigenvalue weighted by Gasteiger charge is 2.19. The summed E-state index contributed by atoms with van der Waals surface area (Å²) in [5, 5.41) is 8.92. The number of aromatic carboxylic acids is 1. The second-order valence-corrected chi connectivity index (χ2v) is 4.34. The Bertz CT molecular complexity index is 654. The number of para-hydroxylation sites is 1. The minimum absolute atomic E-state index is 0.164. The zero-order valence-electron chi connectivity index (χ0n) is 11.3. The van der Waals surface area contributed by atoms with E-state index in [9.17, 15) is 13.6 Å². The van der Waals surface area contributed by atoms with Gasteiger partial charge in [-0.3, -0.25) is 0 Å². The molecule has 0 saturated carbocycles. The molecule has 2 rings (SSSR count). The summed E-state index contributed by atoms with van der Waals surface area (Å²) in [6, 6.07) is 10.5. The normalized spacial score (nSPS) is 10.7. The molecule has 2 aromatic carbocycles. The smallest absolute Gasteiger partial charge is 0.335 e. The van der Waals surface area contributed by atoms with Crippen LogP contribution in [0.4, 0.5) is 8.78 Å². The van der Waals surface area contributed by atoms with Gasteiger partial charge in [-0.2, -0.15) is 0 Å². The highest BCUT2D eigenvalue weighted by Crippen LogP contribution is 2.37. The Balaban J connectivity index is 2.61. The van der Waals surface area contributed by atoms with Crippen molar-refractivity contribution in [2.45, 2.75) is 13.3 Å². The monoisotopic (exact) mass is 292 g/mol. The fourth-order valence-electron chi connectivity index (χ4n) is 2.09. The molecule has 2 aromatic rings. The van der Waals surface area contributed by atoms with Crippen molar-refractivity contribution in [3.63, 3.8) is 0 Å². The van der Waals surface area contributed by atoms with Gasteiger partial charge in [0.05, 0.1) is 12.2 Å². The first-order valence-corrected chi connectivity index (χ1v) is 6.42. The summed E-state index contributed by atoms with van der Waals surface area (Å²) in [6.07, 6.45) is -2.77. The molecule has 0 fully saturated rings. The van der Waals surface area contributed by atoms with Gasteiger partial charge in [-0.05, 0) is 30.7 Å². The van der Waals surface area contributed by atoms with Gasteiger partial charge in [0.25, 0.3) is 6.43 Å². The Labute approximate surface area is 120 Å². The van der Waals surface area contributed by atoms with Crippen LogP contribution in [0.25, 0.3) is 11.1 Å². The second-order valence-electron chi connectivity index (χ2n) is 4.34. The summed E-state index contributed by atoms with van der Waals surface area (Å²) in [6.45, 7) is 2.21. The lowest BCUT2D eigenvalue weighted by Crippen LogP contribution is -2.01. The number of carboxylic acids is 1. The van der Waals surface area contributed by atoms with E-state index in [0.29, 0.717) is 17.9 Å². The Morgan fingerprint density at radius 3 is 2.52 bits per heavy atom. The van der Waals surface area contributed by atoms with E-state index < -0.39 is 12.4 Å². The number of alkyl halides is 2. The first-order chi connectivity index (χ1) is 10.0. The van der Waals surface area contributed by atoms with Crippen molar-refractivity contribution in [2.75, 3.05) is 6.61 Å². The maximum absolute atomic E-state index is 13.2. The third-order valence-corrected chi connectivity index (χ3v) is 3.01. The first kappa shape index (κ1) is 15.0. The SMILES string of the molecule is CCOc1ccccc1-c1ccc(C(=O)O)cc1C(F)F. The zero-order chi connectivity index (χ0) is 15.4. The highest BCUT2D eigenvalue weighted by atomic mass is 19.3. The van der Waals surface area contributed by atoms with Gasteiger partial charge >= 0.3 is 5.97 Å². The van der Waals surface area contributed by atoms with Crippen LogP contribution in [0, 0.1) is 0 Å². The molecule has 3 nitrogen and oxygen atoms in total. The van der Waals surface area contributed by atoms with Gasteiger partial charge in [-0.15, -0.1) is 0 Å². The average Bonchev–Trinajstić information content (AvgIpc) is 2.47.